The Balaban J connectivity index is 2.00. The summed E-state index contributed by atoms with van der Waals surface area (Å²) in [6, 6.07) is 5.21. The highest BCUT2D eigenvalue weighted by Crippen LogP contribution is 2.04. The zero-order valence-electron chi connectivity index (χ0n) is 9.42. The fourth-order valence-electron chi connectivity index (χ4n) is 1.37. The molecule has 0 radical (unpaired) electrons. The number of pyridine rings is 1. The molecule has 0 aliphatic rings. The number of hydrogen-bond donors (Lipinski definition) is 1. The van der Waals surface area contributed by atoms with E-state index in [9.17, 15) is 4.79 Å². The maximum Gasteiger partial charge on any atom is 0.272 e. The molecule has 2 heterocycles. The van der Waals surface area contributed by atoms with Crippen LogP contribution in [0.25, 0.3) is 0 Å². The van der Waals surface area contributed by atoms with Crippen LogP contribution in [-0.4, -0.2) is 21.1 Å². The van der Waals surface area contributed by atoms with E-state index >= 15 is 0 Å². The first-order chi connectivity index (χ1) is 8.27. The zero-order chi connectivity index (χ0) is 12.1. The van der Waals surface area contributed by atoms with E-state index in [1.54, 1.807) is 24.5 Å². The minimum Gasteiger partial charge on any atom is -0.346 e. The van der Waals surface area contributed by atoms with Crippen LogP contribution < -0.4 is 5.32 Å². The van der Waals surface area contributed by atoms with Gasteiger partial charge < -0.3 is 5.32 Å². The molecule has 0 unspecified atom stereocenters. The third-order valence-corrected chi connectivity index (χ3v) is 2.39. The SMILES string of the molecule is Cc1ccncc1CNC(=O)c1cccnn1. The van der Waals surface area contributed by atoms with Crippen LogP contribution in [0.4, 0.5) is 0 Å². The molecule has 17 heavy (non-hydrogen) atoms. The minimum absolute atomic E-state index is 0.235. The lowest BCUT2D eigenvalue weighted by molar-refractivity contribution is 0.0945. The molecule has 1 amide bonds. The average Bonchev–Trinajstić information content (AvgIpc) is 2.38. The predicted octanol–water partition coefficient (Wildman–Crippen LogP) is 1.11. The maximum absolute atomic E-state index is 11.7. The molecule has 5 heteroatoms. The molecule has 0 saturated heterocycles. The monoisotopic (exact) mass is 228 g/mol. The Morgan fingerprint density at radius 3 is 2.94 bits per heavy atom. The van der Waals surface area contributed by atoms with Crippen molar-refractivity contribution in [2.24, 2.45) is 0 Å². The van der Waals surface area contributed by atoms with Crippen molar-refractivity contribution in [2.75, 3.05) is 0 Å². The largest absolute Gasteiger partial charge is 0.346 e. The quantitative estimate of drug-likeness (QED) is 0.854. The van der Waals surface area contributed by atoms with E-state index in [-0.39, 0.29) is 5.91 Å². The van der Waals surface area contributed by atoms with Gasteiger partial charge in [0.25, 0.3) is 5.91 Å². The standard InChI is InChI=1S/C12H12N4O/c1-9-4-6-13-7-10(9)8-14-12(17)11-3-2-5-15-16-11/h2-7H,8H2,1H3,(H,14,17). The minimum atomic E-state index is -0.235. The van der Waals surface area contributed by atoms with E-state index in [1.807, 2.05) is 13.0 Å². The van der Waals surface area contributed by atoms with Crippen molar-refractivity contribution < 1.29 is 4.79 Å². The van der Waals surface area contributed by atoms with Crippen LogP contribution >= 0.6 is 0 Å². The lowest BCUT2D eigenvalue weighted by Crippen LogP contribution is -2.24. The van der Waals surface area contributed by atoms with Gasteiger partial charge in [-0.1, -0.05) is 0 Å². The second-order valence-corrected chi connectivity index (χ2v) is 3.59. The van der Waals surface area contributed by atoms with Gasteiger partial charge in [0.1, 0.15) is 0 Å². The normalized spacial score (nSPS) is 9.94. The van der Waals surface area contributed by atoms with Crippen molar-refractivity contribution in [2.45, 2.75) is 13.5 Å². The van der Waals surface area contributed by atoms with E-state index in [2.05, 4.69) is 20.5 Å². The highest BCUT2D eigenvalue weighted by molar-refractivity contribution is 5.91. The Morgan fingerprint density at radius 2 is 2.24 bits per heavy atom. The van der Waals surface area contributed by atoms with Gasteiger partial charge in [-0.15, -0.1) is 5.10 Å². The van der Waals surface area contributed by atoms with Crippen molar-refractivity contribution in [1.29, 1.82) is 0 Å². The Hall–Kier alpha value is -2.30. The van der Waals surface area contributed by atoms with Gasteiger partial charge >= 0.3 is 0 Å². The summed E-state index contributed by atoms with van der Waals surface area (Å²) in [6.45, 7) is 2.42. The Kier molecular flexibility index (Phi) is 3.40. The molecule has 2 aromatic heterocycles. The van der Waals surface area contributed by atoms with E-state index in [1.165, 1.54) is 6.20 Å². The Bertz CT molecular complexity index is 513. The van der Waals surface area contributed by atoms with Crippen LogP contribution in [0.3, 0.4) is 0 Å². The number of carbonyl (C=O) groups excluding carboxylic acids is 1. The van der Waals surface area contributed by atoms with Crippen molar-refractivity contribution in [3.63, 3.8) is 0 Å². The summed E-state index contributed by atoms with van der Waals surface area (Å²) < 4.78 is 0. The summed E-state index contributed by atoms with van der Waals surface area (Å²) in [5.74, 6) is -0.235. The molecular formula is C12H12N4O. The third-order valence-electron chi connectivity index (χ3n) is 2.39. The topological polar surface area (TPSA) is 67.8 Å². The van der Waals surface area contributed by atoms with Crippen molar-refractivity contribution in [1.82, 2.24) is 20.5 Å². The van der Waals surface area contributed by atoms with E-state index in [4.69, 9.17) is 0 Å². The molecule has 0 bridgehead atoms. The van der Waals surface area contributed by atoms with Crippen LogP contribution in [0.15, 0.2) is 36.8 Å². The molecule has 0 spiro atoms. The first-order valence-electron chi connectivity index (χ1n) is 5.23. The molecule has 86 valence electrons. The average molecular weight is 228 g/mol. The Labute approximate surface area is 98.9 Å². The number of hydrogen-bond acceptors (Lipinski definition) is 4. The molecule has 0 atom stereocenters. The summed E-state index contributed by atoms with van der Waals surface area (Å²) in [5.41, 5.74) is 2.40. The summed E-state index contributed by atoms with van der Waals surface area (Å²) in [6.07, 6.45) is 5.00. The van der Waals surface area contributed by atoms with Gasteiger partial charge in [-0.2, -0.15) is 5.10 Å². The Morgan fingerprint density at radius 1 is 1.35 bits per heavy atom. The van der Waals surface area contributed by atoms with Gasteiger partial charge in [-0.05, 0) is 36.2 Å². The summed E-state index contributed by atoms with van der Waals surface area (Å²) in [5, 5.41) is 10.2. The first-order valence-corrected chi connectivity index (χ1v) is 5.23. The van der Waals surface area contributed by atoms with Gasteiger partial charge in [0.05, 0.1) is 0 Å². The molecular weight excluding hydrogens is 216 g/mol. The third kappa shape index (κ3) is 2.84. The molecule has 0 fully saturated rings. The molecule has 0 aromatic carbocycles. The number of rotatable bonds is 3. The highest BCUT2D eigenvalue weighted by atomic mass is 16.1. The van der Waals surface area contributed by atoms with Crippen molar-refractivity contribution in [3.8, 4) is 0 Å². The van der Waals surface area contributed by atoms with Gasteiger partial charge in [-0.25, -0.2) is 0 Å². The van der Waals surface area contributed by atoms with Gasteiger partial charge in [-0.3, -0.25) is 9.78 Å². The van der Waals surface area contributed by atoms with Crippen LogP contribution in [0, 0.1) is 6.92 Å². The zero-order valence-corrected chi connectivity index (χ0v) is 9.42. The molecule has 0 saturated carbocycles. The number of aryl methyl sites for hydroxylation is 1. The molecule has 5 nitrogen and oxygen atoms in total. The van der Waals surface area contributed by atoms with Gasteiger partial charge in [0.15, 0.2) is 5.69 Å². The van der Waals surface area contributed by atoms with E-state index < -0.39 is 0 Å². The number of carbonyl (C=O) groups is 1. The highest BCUT2D eigenvalue weighted by Gasteiger charge is 2.07. The second-order valence-electron chi connectivity index (χ2n) is 3.59. The molecule has 0 aliphatic heterocycles. The van der Waals surface area contributed by atoms with Gasteiger partial charge in [0.2, 0.25) is 0 Å². The maximum atomic E-state index is 11.7. The van der Waals surface area contributed by atoms with Gasteiger partial charge in [0, 0.05) is 25.1 Å². The molecule has 2 aromatic rings. The molecule has 2 rings (SSSR count). The van der Waals surface area contributed by atoms with Crippen molar-refractivity contribution >= 4 is 5.91 Å². The van der Waals surface area contributed by atoms with Crippen LogP contribution in [-0.2, 0) is 6.54 Å². The lowest BCUT2D eigenvalue weighted by atomic mass is 10.1. The molecule has 0 aliphatic carbocycles. The van der Waals surface area contributed by atoms with Crippen LogP contribution in [0.5, 0.6) is 0 Å². The van der Waals surface area contributed by atoms with Crippen molar-refractivity contribution in [3.05, 3.63) is 53.6 Å². The number of nitrogens with zero attached hydrogens (tertiary/aromatic N) is 3. The van der Waals surface area contributed by atoms with E-state index in [0.717, 1.165) is 11.1 Å². The van der Waals surface area contributed by atoms with Crippen LogP contribution in [0.2, 0.25) is 0 Å². The summed E-state index contributed by atoms with van der Waals surface area (Å²) in [4.78, 5) is 15.7. The fourth-order valence-corrected chi connectivity index (χ4v) is 1.37. The lowest BCUT2D eigenvalue weighted by Gasteiger charge is -2.06. The predicted molar refractivity (Wildman–Crippen MR) is 62.2 cm³/mol. The smallest absolute Gasteiger partial charge is 0.272 e. The van der Waals surface area contributed by atoms with Crippen LogP contribution in [0.1, 0.15) is 21.6 Å². The fraction of sp³-hybridized carbons (Fsp3) is 0.167. The molecule has 1 N–H and O–H groups in total. The van der Waals surface area contributed by atoms with E-state index in [0.29, 0.717) is 12.2 Å². The first kappa shape index (κ1) is 11.2. The number of nitrogens with one attached hydrogen (secondary N) is 1. The number of amides is 1. The summed E-state index contributed by atoms with van der Waals surface area (Å²) >= 11 is 0. The number of aromatic nitrogens is 3. The second kappa shape index (κ2) is 5.16. The summed E-state index contributed by atoms with van der Waals surface area (Å²) in [7, 11) is 0.